The van der Waals surface area contributed by atoms with Gasteiger partial charge in [0.2, 0.25) is 0 Å². The molecule has 0 spiro atoms. The molecule has 90 valence electrons. The molecule has 0 saturated carbocycles. The fourth-order valence-corrected chi connectivity index (χ4v) is 2.36. The maximum absolute atomic E-state index is 4.42. The number of aryl methyl sites for hydroxylation is 2. The molecule has 2 N–H and O–H groups in total. The predicted octanol–water partition coefficient (Wildman–Crippen LogP) is 1.45. The second-order valence-corrected chi connectivity index (χ2v) is 4.74. The molecule has 16 heavy (non-hydrogen) atoms. The molecule has 1 saturated heterocycles. The van der Waals surface area contributed by atoms with E-state index in [-0.39, 0.29) is 0 Å². The Kier molecular flexibility index (Phi) is 3.49. The van der Waals surface area contributed by atoms with Crippen LogP contribution < -0.4 is 10.6 Å². The number of anilines is 1. The van der Waals surface area contributed by atoms with E-state index >= 15 is 0 Å². The minimum Gasteiger partial charge on any atom is -0.382 e. The topological polar surface area (TPSA) is 41.9 Å². The first-order valence-corrected chi connectivity index (χ1v) is 6.13. The Balaban J connectivity index is 1.93. The number of rotatable bonds is 3. The molecule has 2 rings (SSSR count). The molecule has 0 radical (unpaired) electrons. The number of nitrogens with one attached hydrogen (secondary N) is 2. The minimum absolute atomic E-state index is 0.806. The molecule has 2 heterocycles. The van der Waals surface area contributed by atoms with Gasteiger partial charge in [0.05, 0.1) is 17.1 Å². The van der Waals surface area contributed by atoms with Crippen molar-refractivity contribution < 1.29 is 0 Å². The van der Waals surface area contributed by atoms with Crippen LogP contribution in [0.5, 0.6) is 0 Å². The van der Waals surface area contributed by atoms with Crippen molar-refractivity contribution in [1.82, 2.24) is 15.1 Å². The zero-order valence-electron chi connectivity index (χ0n) is 10.5. The molecule has 0 atom stereocenters. The van der Waals surface area contributed by atoms with Gasteiger partial charge in [-0.2, -0.15) is 5.10 Å². The van der Waals surface area contributed by atoms with Crippen LogP contribution in [-0.2, 0) is 7.05 Å². The van der Waals surface area contributed by atoms with Crippen LogP contribution in [-0.4, -0.2) is 29.4 Å². The van der Waals surface area contributed by atoms with Crippen LogP contribution in [0.3, 0.4) is 0 Å². The van der Waals surface area contributed by atoms with E-state index in [9.17, 15) is 0 Å². The van der Waals surface area contributed by atoms with Gasteiger partial charge in [0.15, 0.2) is 0 Å². The zero-order chi connectivity index (χ0) is 11.5. The molecule has 1 aliphatic heterocycles. The van der Waals surface area contributed by atoms with Crippen molar-refractivity contribution in [3.05, 3.63) is 11.4 Å². The van der Waals surface area contributed by atoms with E-state index in [2.05, 4.69) is 29.6 Å². The summed E-state index contributed by atoms with van der Waals surface area (Å²) in [4.78, 5) is 0. The lowest BCUT2D eigenvalue weighted by Gasteiger charge is -2.23. The summed E-state index contributed by atoms with van der Waals surface area (Å²) in [6.07, 6.45) is 2.57. The Hall–Kier alpha value is -1.03. The molecular formula is C12H22N4. The normalized spacial score (nSPS) is 17.7. The Morgan fingerprint density at radius 2 is 2.06 bits per heavy atom. The molecule has 1 aromatic rings. The van der Waals surface area contributed by atoms with E-state index in [1.165, 1.54) is 24.2 Å². The van der Waals surface area contributed by atoms with Gasteiger partial charge in [-0.1, -0.05) is 0 Å². The third kappa shape index (κ3) is 2.38. The fourth-order valence-electron chi connectivity index (χ4n) is 2.36. The fraction of sp³-hybridized carbons (Fsp3) is 0.750. The Bertz CT molecular complexity index is 350. The smallest absolute Gasteiger partial charge is 0.0827 e. The van der Waals surface area contributed by atoms with Gasteiger partial charge < -0.3 is 10.6 Å². The highest BCUT2D eigenvalue weighted by molar-refractivity contribution is 5.51. The van der Waals surface area contributed by atoms with E-state index < -0.39 is 0 Å². The van der Waals surface area contributed by atoms with Gasteiger partial charge in [-0.25, -0.2) is 0 Å². The van der Waals surface area contributed by atoms with Crippen LogP contribution in [0.1, 0.15) is 24.2 Å². The highest BCUT2D eigenvalue weighted by Gasteiger charge is 2.14. The summed E-state index contributed by atoms with van der Waals surface area (Å²) in [5, 5.41) is 11.4. The lowest BCUT2D eigenvalue weighted by molar-refractivity contribution is 0.390. The maximum Gasteiger partial charge on any atom is 0.0827 e. The third-order valence-corrected chi connectivity index (χ3v) is 3.54. The van der Waals surface area contributed by atoms with Gasteiger partial charge >= 0.3 is 0 Å². The molecule has 0 bridgehead atoms. The Morgan fingerprint density at radius 3 is 2.62 bits per heavy atom. The summed E-state index contributed by atoms with van der Waals surface area (Å²) >= 11 is 0. The second kappa shape index (κ2) is 4.87. The average molecular weight is 222 g/mol. The largest absolute Gasteiger partial charge is 0.382 e. The summed E-state index contributed by atoms with van der Waals surface area (Å²) in [7, 11) is 2.00. The molecule has 4 heteroatoms. The van der Waals surface area contributed by atoms with E-state index in [1.54, 1.807) is 0 Å². The first kappa shape index (κ1) is 11.5. The number of hydrogen-bond acceptors (Lipinski definition) is 3. The summed E-state index contributed by atoms with van der Waals surface area (Å²) in [5.74, 6) is 0.806. The van der Waals surface area contributed by atoms with Crippen LogP contribution in [0.4, 0.5) is 5.69 Å². The van der Waals surface area contributed by atoms with E-state index in [4.69, 9.17) is 0 Å². The van der Waals surface area contributed by atoms with Crippen molar-refractivity contribution in [2.24, 2.45) is 13.0 Å². The number of hydrogen-bond donors (Lipinski definition) is 2. The molecule has 1 aromatic heterocycles. The monoisotopic (exact) mass is 222 g/mol. The van der Waals surface area contributed by atoms with E-state index in [0.29, 0.717) is 0 Å². The van der Waals surface area contributed by atoms with Gasteiger partial charge in [0, 0.05) is 13.6 Å². The summed E-state index contributed by atoms with van der Waals surface area (Å²) in [5.41, 5.74) is 3.56. The number of aromatic nitrogens is 2. The second-order valence-electron chi connectivity index (χ2n) is 4.74. The number of nitrogens with zero attached hydrogens (tertiary/aromatic N) is 2. The molecular weight excluding hydrogens is 200 g/mol. The Labute approximate surface area is 97.4 Å². The van der Waals surface area contributed by atoms with Gasteiger partial charge in [0.1, 0.15) is 0 Å². The van der Waals surface area contributed by atoms with Gasteiger partial charge in [-0.05, 0) is 45.7 Å². The summed E-state index contributed by atoms with van der Waals surface area (Å²) in [6, 6.07) is 0. The molecule has 0 aliphatic carbocycles. The molecule has 0 unspecified atom stereocenters. The molecule has 4 nitrogen and oxygen atoms in total. The van der Waals surface area contributed by atoms with Crippen molar-refractivity contribution in [3.63, 3.8) is 0 Å². The van der Waals surface area contributed by atoms with Crippen LogP contribution in [0, 0.1) is 19.8 Å². The standard InChI is InChI=1S/C12H22N4/c1-9-12(10(2)16(3)15-9)14-8-11-4-6-13-7-5-11/h11,13-14H,4-8H2,1-3H3. The lowest BCUT2D eigenvalue weighted by atomic mass is 9.98. The first-order chi connectivity index (χ1) is 7.68. The highest BCUT2D eigenvalue weighted by Crippen LogP contribution is 2.20. The van der Waals surface area contributed by atoms with Crippen molar-refractivity contribution in [2.75, 3.05) is 25.0 Å². The van der Waals surface area contributed by atoms with E-state index in [1.807, 2.05) is 11.7 Å². The van der Waals surface area contributed by atoms with Crippen LogP contribution in [0.2, 0.25) is 0 Å². The SMILES string of the molecule is Cc1nn(C)c(C)c1NCC1CCNCC1. The van der Waals surface area contributed by atoms with Gasteiger partial charge in [-0.3, -0.25) is 4.68 Å². The van der Waals surface area contributed by atoms with Crippen molar-refractivity contribution in [3.8, 4) is 0 Å². The van der Waals surface area contributed by atoms with Crippen LogP contribution in [0.25, 0.3) is 0 Å². The Morgan fingerprint density at radius 1 is 1.38 bits per heavy atom. The van der Waals surface area contributed by atoms with Gasteiger partial charge in [0.25, 0.3) is 0 Å². The lowest BCUT2D eigenvalue weighted by Crippen LogP contribution is -2.31. The van der Waals surface area contributed by atoms with Crippen molar-refractivity contribution in [1.29, 1.82) is 0 Å². The first-order valence-electron chi connectivity index (χ1n) is 6.13. The summed E-state index contributed by atoms with van der Waals surface area (Å²) < 4.78 is 1.94. The van der Waals surface area contributed by atoms with Gasteiger partial charge in [-0.15, -0.1) is 0 Å². The zero-order valence-corrected chi connectivity index (χ0v) is 10.5. The highest BCUT2D eigenvalue weighted by atomic mass is 15.3. The number of piperidine rings is 1. The predicted molar refractivity (Wildman–Crippen MR) is 66.8 cm³/mol. The molecule has 1 aliphatic rings. The summed E-state index contributed by atoms with van der Waals surface area (Å²) in [6.45, 7) is 7.59. The van der Waals surface area contributed by atoms with Crippen LogP contribution >= 0.6 is 0 Å². The van der Waals surface area contributed by atoms with Crippen molar-refractivity contribution >= 4 is 5.69 Å². The van der Waals surface area contributed by atoms with E-state index in [0.717, 1.165) is 31.2 Å². The third-order valence-electron chi connectivity index (χ3n) is 3.54. The average Bonchev–Trinajstić information content (AvgIpc) is 2.53. The molecule has 0 aromatic carbocycles. The quantitative estimate of drug-likeness (QED) is 0.813. The minimum atomic E-state index is 0.806. The molecule has 0 amide bonds. The maximum atomic E-state index is 4.42. The van der Waals surface area contributed by atoms with Crippen LogP contribution in [0.15, 0.2) is 0 Å². The molecule has 1 fully saturated rings. The van der Waals surface area contributed by atoms with Crippen molar-refractivity contribution in [2.45, 2.75) is 26.7 Å².